The zero-order valence-electron chi connectivity index (χ0n) is 25.2. The first-order valence-corrected chi connectivity index (χ1v) is 13.8. The lowest BCUT2D eigenvalue weighted by atomic mass is 9.82. The van der Waals surface area contributed by atoms with Gasteiger partial charge < -0.3 is 16.0 Å². The van der Waals surface area contributed by atoms with Gasteiger partial charge in [-0.05, 0) is 43.7 Å². The molecule has 1 unspecified atom stereocenters. The topological polar surface area (TPSA) is 87.3 Å². The van der Waals surface area contributed by atoms with Crippen molar-refractivity contribution in [3.8, 4) is 0 Å². The number of benzene rings is 1. The Kier molecular flexibility index (Phi) is 18.7. The summed E-state index contributed by atoms with van der Waals surface area (Å²) in [6.45, 7) is 23.9. The molecule has 1 aromatic rings. The highest BCUT2D eigenvalue weighted by atomic mass is 16.2. The molecule has 6 heteroatoms. The third-order valence-corrected chi connectivity index (χ3v) is 5.30. The predicted molar refractivity (Wildman–Crippen MR) is 154 cm³/mol. The van der Waals surface area contributed by atoms with E-state index >= 15 is 0 Å². The van der Waals surface area contributed by atoms with Crippen LogP contribution < -0.4 is 16.0 Å². The summed E-state index contributed by atoms with van der Waals surface area (Å²) in [5, 5.41) is 8.66. The van der Waals surface area contributed by atoms with E-state index < -0.39 is 17.5 Å². The van der Waals surface area contributed by atoms with Crippen LogP contribution >= 0.6 is 0 Å². The maximum absolute atomic E-state index is 13.1. The average molecular weight is 506 g/mol. The maximum atomic E-state index is 13.1. The number of amides is 3. The van der Waals surface area contributed by atoms with Gasteiger partial charge in [-0.1, -0.05) is 107 Å². The Bertz CT molecular complexity index is 755. The molecule has 1 rings (SSSR count). The van der Waals surface area contributed by atoms with Crippen molar-refractivity contribution in [1.29, 1.82) is 0 Å². The van der Waals surface area contributed by atoms with Crippen LogP contribution in [0.3, 0.4) is 0 Å². The van der Waals surface area contributed by atoms with Crippen molar-refractivity contribution in [2.24, 2.45) is 17.3 Å². The Hall–Kier alpha value is -2.37. The van der Waals surface area contributed by atoms with E-state index in [1.54, 1.807) is 0 Å². The zero-order valence-corrected chi connectivity index (χ0v) is 25.2. The van der Waals surface area contributed by atoms with Gasteiger partial charge >= 0.3 is 0 Å². The average Bonchev–Trinajstić information content (AvgIpc) is 2.79. The van der Waals surface area contributed by atoms with Crippen molar-refractivity contribution in [1.82, 2.24) is 10.6 Å². The highest BCUT2D eigenvalue weighted by Gasteiger charge is 2.34. The highest BCUT2D eigenvalue weighted by Crippen LogP contribution is 2.26. The molecule has 3 N–H and O–H groups in total. The smallest absolute Gasteiger partial charge is 0.246 e. The minimum absolute atomic E-state index is 0.110. The van der Waals surface area contributed by atoms with Crippen LogP contribution in [0.4, 0.5) is 5.69 Å². The first-order valence-electron chi connectivity index (χ1n) is 13.8. The third-order valence-electron chi connectivity index (χ3n) is 5.30. The Balaban J connectivity index is 0. The van der Waals surface area contributed by atoms with Crippen molar-refractivity contribution in [3.05, 3.63) is 29.8 Å². The molecule has 2 atom stereocenters. The van der Waals surface area contributed by atoms with Gasteiger partial charge in [-0.3, -0.25) is 14.4 Å². The lowest BCUT2D eigenvalue weighted by molar-refractivity contribution is -0.136. The van der Waals surface area contributed by atoms with E-state index in [2.05, 4.69) is 43.6 Å². The summed E-state index contributed by atoms with van der Waals surface area (Å²) >= 11 is 0. The summed E-state index contributed by atoms with van der Waals surface area (Å²) in [6, 6.07) is 6.15. The second-order valence-corrected chi connectivity index (χ2v) is 10.6. The number of anilines is 1. The fourth-order valence-corrected chi connectivity index (χ4v) is 3.67. The van der Waals surface area contributed by atoms with Gasteiger partial charge in [-0.25, -0.2) is 0 Å². The normalized spacial score (nSPS) is 12.4. The van der Waals surface area contributed by atoms with Gasteiger partial charge in [0.05, 0.1) is 0 Å². The van der Waals surface area contributed by atoms with Gasteiger partial charge in [0, 0.05) is 11.1 Å². The maximum Gasteiger partial charge on any atom is 0.246 e. The second kappa shape index (κ2) is 18.8. The Morgan fingerprint density at radius 3 is 1.78 bits per heavy atom. The van der Waals surface area contributed by atoms with Crippen molar-refractivity contribution in [2.45, 2.75) is 121 Å². The molecule has 0 saturated heterocycles. The molecule has 0 aliphatic carbocycles. The van der Waals surface area contributed by atoms with Crippen molar-refractivity contribution in [2.75, 3.05) is 5.32 Å². The van der Waals surface area contributed by atoms with Crippen LogP contribution in [-0.2, 0) is 14.4 Å². The molecule has 6 nitrogen and oxygen atoms in total. The molecule has 0 heterocycles. The molecule has 3 amide bonds. The Morgan fingerprint density at radius 2 is 1.36 bits per heavy atom. The van der Waals surface area contributed by atoms with E-state index in [0.717, 1.165) is 18.4 Å². The number of hydrogen-bond donors (Lipinski definition) is 3. The van der Waals surface area contributed by atoms with Crippen molar-refractivity contribution in [3.63, 3.8) is 0 Å². The van der Waals surface area contributed by atoms with Gasteiger partial charge in [-0.15, -0.1) is 0 Å². The molecule has 0 bridgehead atoms. The van der Waals surface area contributed by atoms with Crippen molar-refractivity contribution >= 4 is 23.4 Å². The first-order chi connectivity index (χ1) is 16.8. The van der Waals surface area contributed by atoms with E-state index in [0.29, 0.717) is 18.0 Å². The molecular weight excluding hydrogens is 450 g/mol. The summed E-state index contributed by atoms with van der Waals surface area (Å²) in [4.78, 5) is 38.7. The highest BCUT2D eigenvalue weighted by molar-refractivity contribution is 5.98. The molecule has 0 aromatic heterocycles. The minimum atomic E-state index is -0.703. The quantitative estimate of drug-likeness (QED) is 0.306. The Labute approximate surface area is 221 Å². The molecule has 1 aromatic carbocycles. The van der Waals surface area contributed by atoms with Crippen LogP contribution in [0.1, 0.15) is 107 Å². The van der Waals surface area contributed by atoms with E-state index in [1.165, 1.54) is 6.42 Å². The summed E-state index contributed by atoms with van der Waals surface area (Å²) in [6.07, 6.45) is 3.23. The van der Waals surface area contributed by atoms with Crippen LogP contribution in [0.15, 0.2) is 24.3 Å². The summed E-state index contributed by atoms with van der Waals surface area (Å²) in [5.74, 6) is -0.479. The Morgan fingerprint density at radius 1 is 0.861 bits per heavy atom. The molecule has 0 spiro atoms. The zero-order chi connectivity index (χ0) is 28.5. The molecule has 0 saturated carbocycles. The standard InChI is InChI=1S/C25H41N3O3.C3H8.C2H6/c1-9-10-20(22(29)26-19-13-11-18(6)12-14-19)27-23(30)21(17(4)5)28-24(31)25(7,8)15-16(2)3;1-3-2;1-2/h11-14,16-17,20-21H,9-10,15H2,1-8H3,(H,26,29)(H,27,30)(H,28,31);3H2,1-2H3;1-2H3/t20-,21?;;/m0../s1. The van der Waals surface area contributed by atoms with E-state index in [4.69, 9.17) is 0 Å². The van der Waals surface area contributed by atoms with E-state index in [-0.39, 0.29) is 23.6 Å². The van der Waals surface area contributed by atoms with E-state index in [9.17, 15) is 14.4 Å². The summed E-state index contributed by atoms with van der Waals surface area (Å²) in [7, 11) is 0. The number of nitrogens with one attached hydrogen (secondary N) is 3. The van der Waals surface area contributed by atoms with Crippen LogP contribution in [0.25, 0.3) is 0 Å². The van der Waals surface area contributed by atoms with Crippen molar-refractivity contribution < 1.29 is 14.4 Å². The fourth-order valence-electron chi connectivity index (χ4n) is 3.67. The molecule has 0 radical (unpaired) electrons. The molecule has 0 aliphatic rings. The van der Waals surface area contributed by atoms with Crippen LogP contribution in [-0.4, -0.2) is 29.8 Å². The lowest BCUT2D eigenvalue weighted by Crippen LogP contribution is -2.56. The fraction of sp³-hybridized carbons (Fsp3) is 0.700. The number of hydrogen-bond acceptors (Lipinski definition) is 3. The summed E-state index contributed by atoms with van der Waals surface area (Å²) < 4.78 is 0. The first kappa shape index (κ1) is 35.8. The van der Waals surface area contributed by atoms with Crippen LogP contribution in [0, 0.1) is 24.2 Å². The monoisotopic (exact) mass is 505 g/mol. The van der Waals surface area contributed by atoms with Gasteiger partial charge in [0.15, 0.2) is 0 Å². The number of carbonyl (C=O) groups excluding carboxylic acids is 3. The minimum Gasteiger partial charge on any atom is -0.344 e. The molecule has 0 fully saturated rings. The second-order valence-electron chi connectivity index (χ2n) is 10.6. The van der Waals surface area contributed by atoms with Crippen LogP contribution in [0.2, 0.25) is 0 Å². The summed E-state index contributed by atoms with van der Waals surface area (Å²) in [5.41, 5.74) is 1.22. The van der Waals surface area contributed by atoms with Gasteiger partial charge in [-0.2, -0.15) is 0 Å². The molecule has 208 valence electrons. The number of carbonyl (C=O) groups is 3. The number of aryl methyl sites for hydroxylation is 1. The van der Waals surface area contributed by atoms with Crippen LogP contribution in [0.5, 0.6) is 0 Å². The lowest BCUT2D eigenvalue weighted by Gasteiger charge is -2.30. The molecule has 0 aliphatic heterocycles. The largest absolute Gasteiger partial charge is 0.344 e. The third kappa shape index (κ3) is 14.3. The van der Waals surface area contributed by atoms with Gasteiger partial charge in [0.2, 0.25) is 17.7 Å². The molecule has 36 heavy (non-hydrogen) atoms. The number of rotatable bonds is 11. The van der Waals surface area contributed by atoms with E-state index in [1.807, 2.05) is 79.7 Å². The predicted octanol–water partition coefficient (Wildman–Crippen LogP) is 6.87. The van der Waals surface area contributed by atoms with Gasteiger partial charge in [0.25, 0.3) is 0 Å². The molecular formula is C30H55N3O3. The van der Waals surface area contributed by atoms with Gasteiger partial charge in [0.1, 0.15) is 12.1 Å². The SMILES string of the molecule is CC.CCC.CCC[C@H](NC(=O)C(NC(=O)C(C)(C)CC(C)C)C(C)C)C(=O)Nc1ccc(C)cc1.